The summed E-state index contributed by atoms with van der Waals surface area (Å²) in [5, 5.41) is 1.33. The van der Waals surface area contributed by atoms with Crippen LogP contribution in [0.2, 0.25) is 0 Å². The SMILES string of the molecule is Cc1cn([C@H]2C[C@H](OC(=O)C(F)(F)F)[C@@H](COC(=O)C(F)(F)F)O2)c(=O)nc1NC(=O)C(F)(F)F. The van der Waals surface area contributed by atoms with Crippen molar-refractivity contribution in [3.8, 4) is 0 Å². The first-order valence-electron chi connectivity index (χ1n) is 8.96. The van der Waals surface area contributed by atoms with Gasteiger partial charge in [-0.15, -0.1) is 0 Å². The van der Waals surface area contributed by atoms with E-state index in [0.29, 0.717) is 4.57 Å². The van der Waals surface area contributed by atoms with Crippen molar-refractivity contribution in [2.45, 2.75) is 50.3 Å². The van der Waals surface area contributed by atoms with Crippen LogP contribution in [0, 0.1) is 6.92 Å². The van der Waals surface area contributed by atoms with Gasteiger partial charge in [-0.2, -0.15) is 44.5 Å². The van der Waals surface area contributed by atoms with E-state index in [9.17, 15) is 58.7 Å². The summed E-state index contributed by atoms with van der Waals surface area (Å²) >= 11 is 0. The van der Waals surface area contributed by atoms with E-state index in [1.165, 1.54) is 5.32 Å². The summed E-state index contributed by atoms with van der Waals surface area (Å²) in [6.45, 7) is -0.265. The molecular formula is C16H12F9N3O7. The summed E-state index contributed by atoms with van der Waals surface area (Å²) in [7, 11) is 0. The quantitative estimate of drug-likeness (QED) is 0.453. The van der Waals surface area contributed by atoms with Crippen LogP contribution in [-0.2, 0) is 28.6 Å². The molecule has 1 fully saturated rings. The number of anilines is 1. The molecule has 1 aromatic heterocycles. The maximum absolute atomic E-state index is 12.5. The molecule has 0 unspecified atom stereocenters. The summed E-state index contributed by atoms with van der Waals surface area (Å²) in [5.74, 6) is -8.77. The molecule has 2 rings (SSSR count). The van der Waals surface area contributed by atoms with Gasteiger partial charge >= 0.3 is 42.1 Å². The molecule has 0 spiro atoms. The Labute approximate surface area is 186 Å². The van der Waals surface area contributed by atoms with Crippen LogP contribution in [0.1, 0.15) is 18.2 Å². The van der Waals surface area contributed by atoms with Crippen molar-refractivity contribution in [3.05, 3.63) is 22.2 Å². The van der Waals surface area contributed by atoms with Crippen molar-refractivity contribution in [1.29, 1.82) is 0 Å². The zero-order valence-electron chi connectivity index (χ0n) is 16.9. The molecule has 0 aromatic carbocycles. The number of carbonyl (C=O) groups is 3. The minimum Gasteiger partial charge on any atom is -0.456 e. The Bertz CT molecular complexity index is 1050. The van der Waals surface area contributed by atoms with Crippen LogP contribution >= 0.6 is 0 Å². The maximum Gasteiger partial charge on any atom is 0.490 e. The number of rotatable bonds is 5. The van der Waals surface area contributed by atoms with Gasteiger partial charge in [0.2, 0.25) is 0 Å². The maximum atomic E-state index is 12.5. The summed E-state index contributed by atoms with van der Waals surface area (Å²) in [6.07, 6.45) is -21.9. The van der Waals surface area contributed by atoms with E-state index in [1.807, 2.05) is 0 Å². The molecule has 10 nitrogen and oxygen atoms in total. The molecule has 196 valence electrons. The minimum atomic E-state index is -5.52. The van der Waals surface area contributed by atoms with Crippen molar-refractivity contribution in [1.82, 2.24) is 9.55 Å². The lowest BCUT2D eigenvalue weighted by Crippen LogP contribution is -2.38. The number of halogens is 9. The Morgan fingerprint density at radius 1 is 1.06 bits per heavy atom. The smallest absolute Gasteiger partial charge is 0.456 e. The lowest BCUT2D eigenvalue weighted by atomic mass is 10.2. The Morgan fingerprint density at radius 3 is 2.14 bits per heavy atom. The predicted molar refractivity (Wildman–Crippen MR) is 89.4 cm³/mol. The van der Waals surface area contributed by atoms with Crippen LogP contribution < -0.4 is 11.0 Å². The third-order valence-corrected chi connectivity index (χ3v) is 4.21. The van der Waals surface area contributed by atoms with E-state index in [1.54, 1.807) is 0 Å². The van der Waals surface area contributed by atoms with Gasteiger partial charge in [-0.1, -0.05) is 0 Å². The fourth-order valence-electron chi connectivity index (χ4n) is 2.67. The topological polar surface area (TPSA) is 126 Å². The third kappa shape index (κ3) is 7.06. The summed E-state index contributed by atoms with van der Waals surface area (Å²) in [4.78, 5) is 48.5. The number of amides is 1. The third-order valence-electron chi connectivity index (χ3n) is 4.21. The molecule has 19 heteroatoms. The van der Waals surface area contributed by atoms with Crippen LogP contribution in [0.15, 0.2) is 11.0 Å². The van der Waals surface area contributed by atoms with Crippen molar-refractivity contribution >= 4 is 23.7 Å². The molecule has 0 saturated carbocycles. The van der Waals surface area contributed by atoms with Crippen LogP contribution in [0.3, 0.4) is 0 Å². The van der Waals surface area contributed by atoms with E-state index in [0.717, 1.165) is 13.1 Å². The van der Waals surface area contributed by atoms with Crippen LogP contribution in [-0.4, -0.2) is 64.7 Å². The standard InChI is InChI=1S/C16H12F9N3O7/c1-5-3-28(13(32)27-9(5)26-10(29)14(17,18)19)8-2-6(35-12(31)16(23,24)25)7(34-8)4-33-11(30)15(20,21)22/h3,6-8H,2,4H2,1H3,(H,26,27,29,32)/t6-,7+,8+/m0/s1. The Morgan fingerprint density at radius 2 is 1.63 bits per heavy atom. The molecular weight excluding hydrogens is 517 g/mol. The first kappa shape index (κ1) is 27.9. The van der Waals surface area contributed by atoms with E-state index in [-0.39, 0.29) is 5.56 Å². The zero-order chi connectivity index (χ0) is 26.9. The highest BCUT2D eigenvalue weighted by Crippen LogP contribution is 2.33. The Hall–Kier alpha value is -3.38. The number of nitrogens with one attached hydrogen (secondary N) is 1. The summed E-state index contributed by atoms with van der Waals surface area (Å²) in [6, 6.07) is 0. The summed E-state index contributed by atoms with van der Waals surface area (Å²) in [5.41, 5.74) is -1.66. The second-order valence-corrected chi connectivity index (χ2v) is 6.82. The average molecular weight is 529 g/mol. The van der Waals surface area contributed by atoms with Gasteiger partial charge in [-0.25, -0.2) is 14.4 Å². The molecule has 0 aliphatic carbocycles. The molecule has 1 saturated heterocycles. The average Bonchev–Trinajstić information content (AvgIpc) is 3.08. The number of aromatic nitrogens is 2. The van der Waals surface area contributed by atoms with Gasteiger partial charge in [0, 0.05) is 18.2 Å². The number of ether oxygens (including phenoxy) is 3. The van der Waals surface area contributed by atoms with E-state index < -0.39 is 79.3 Å². The number of hydrogen-bond donors (Lipinski definition) is 1. The van der Waals surface area contributed by atoms with Gasteiger partial charge in [0.1, 0.15) is 30.9 Å². The van der Waals surface area contributed by atoms with Crippen molar-refractivity contribution < 1.29 is 68.1 Å². The van der Waals surface area contributed by atoms with Crippen molar-refractivity contribution in [2.75, 3.05) is 11.9 Å². The highest BCUT2D eigenvalue weighted by Gasteiger charge is 2.48. The highest BCUT2D eigenvalue weighted by molar-refractivity contribution is 5.94. The lowest BCUT2D eigenvalue weighted by molar-refractivity contribution is -0.212. The van der Waals surface area contributed by atoms with Gasteiger partial charge in [-0.3, -0.25) is 9.36 Å². The van der Waals surface area contributed by atoms with Crippen LogP contribution in [0.25, 0.3) is 0 Å². The van der Waals surface area contributed by atoms with Crippen molar-refractivity contribution in [3.63, 3.8) is 0 Å². The van der Waals surface area contributed by atoms with Gasteiger partial charge < -0.3 is 19.5 Å². The first-order chi connectivity index (χ1) is 15.8. The van der Waals surface area contributed by atoms with Crippen LogP contribution in [0.4, 0.5) is 45.3 Å². The number of esters is 2. The molecule has 3 atom stereocenters. The summed E-state index contributed by atoms with van der Waals surface area (Å²) < 4.78 is 125. The second kappa shape index (κ2) is 9.70. The highest BCUT2D eigenvalue weighted by atomic mass is 19.4. The first-order valence-corrected chi connectivity index (χ1v) is 8.96. The monoisotopic (exact) mass is 529 g/mol. The molecule has 2 heterocycles. The van der Waals surface area contributed by atoms with E-state index >= 15 is 0 Å². The predicted octanol–water partition coefficient (Wildman–Crippen LogP) is 1.92. The zero-order valence-corrected chi connectivity index (χ0v) is 16.9. The fraction of sp³-hybridized carbons (Fsp3) is 0.562. The lowest BCUT2D eigenvalue weighted by Gasteiger charge is -2.19. The Balaban J connectivity index is 2.28. The van der Waals surface area contributed by atoms with E-state index in [2.05, 4.69) is 14.5 Å². The molecule has 1 aliphatic rings. The Kier molecular flexibility index (Phi) is 7.72. The number of alkyl halides is 9. The number of hydrogen-bond acceptors (Lipinski definition) is 8. The largest absolute Gasteiger partial charge is 0.490 e. The molecule has 1 aliphatic heterocycles. The van der Waals surface area contributed by atoms with Crippen molar-refractivity contribution in [2.24, 2.45) is 0 Å². The molecule has 0 bridgehead atoms. The fourth-order valence-corrected chi connectivity index (χ4v) is 2.67. The van der Waals surface area contributed by atoms with Gasteiger partial charge in [0.25, 0.3) is 0 Å². The van der Waals surface area contributed by atoms with Gasteiger partial charge in [0.15, 0.2) is 0 Å². The molecule has 1 N–H and O–H groups in total. The second-order valence-electron chi connectivity index (χ2n) is 6.82. The molecule has 1 aromatic rings. The molecule has 0 radical (unpaired) electrons. The molecule has 1 amide bonds. The minimum absolute atomic E-state index is 0.262. The number of nitrogens with zero attached hydrogens (tertiary/aromatic N) is 2. The van der Waals surface area contributed by atoms with Gasteiger partial charge in [-0.05, 0) is 6.92 Å². The number of aryl methyl sites for hydroxylation is 1. The number of carbonyl (C=O) groups excluding carboxylic acids is 3. The molecule has 35 heavy (non-hydrogen) atoms. The van der Waals surface area contributed by atoms with Crippen LogP contribution in [0.5, 0.6) is 0 Å². The van der Waals surface area contributed by atoms with E-state index in [4.69, 9.17) is 4.74 Å². The normalized spacial score (nSPS) is 20.9. The van der Waals surface area contributed by atoms with Gasteiger partial charge in [0.05, 0.1) is 0 Å².